The number of carbonyl (C=O) groups is 4. The van der Waals surface area contributed by atoms with Crippen LogP contribution >= 0.6 is 0 Å². The average Bonchev–Trinajstić information content (AvgIpc) is 3.51. The lowest BCUT2D eigenvalue weighted by molar-refractivity contribution is -0.200. The Morgan fingerprint density at radius 3 is 2.53 bits per heavy atom. The maximum atomic E-state index is 12.8. The molecule has 1 aliphatic carbocycles. The highest BCUT2D eigenvalue weighted by Gasteiger charge is 2.40. The number of imide groups is 1. The van der Waals surface area contributed by atoms with Crippen LogP contribution in [0.5, 0.6) is 0 Å². The van der Waals surface area contributed by atoms with Crippen molar-refractivity contribution < 1.29 is 28.8 Å². The third-order valence-electron chi connectivity index (χ3n) is 6.25. The minimum Gasteiger partial charge on any atom is -0.445 e. The van der Waals surface area contributed by atoms with Crippen molar-refractivity contribution in [1.82, 2.24) is 9.96 Å². The van der Waals surface area contributed by atoms with Crippen molar-refractivity contribution in [2.24, 2.45) is 0 Å². The molecule has 2 fully saturated rings. The molecule has 0 aromatic heterocycles. The lowest BCUT2D eigenvalue weighted by atomic mass is 10.0. The van der Waals surface area contributed by atoms with Gasteiger partial charge in [0.2, 0.25) is 0 Å². The summed E-state index contributed by atoms with van der Waals surface area (Å²) in [5, 5.41) is 0.509. The number of benzene rings is 2. The Morgan fingerprint density at radius 1 is 0.969 bits per heavy atom. The van der Waals surface area contributed by atoms with E-state index in [1.54, 1.807) is 0 Å². The van der Waals surface area contributed by atoms with Gasteiger partial charge in [0.25, 0.3) is 11.8 Å². The van der Waals surface area contributed by atoms with Gasteiger partial charge in [0, 0.05) is 19.4 Å². The molecule has 3 amide bonds. The number of hydrogen-bond acceptors (Lipinski definition) is 6. The van der Waals surface area contributed by atoms with Crippen LogP contribution in [0, 0.1) is 0 Å². The van der Waals surface area contributed by atoms with Crippen LogP contribution < -0.4 is 0 Å². The van der Waals surface area contributed by atoms with E-state index in [1.807, 2.05) is 24.3 Å². The third kappa shape index (κ3) is 3.51. The summed E-state index contributed by atoms with van der Waals surface area (Å²) in [6, 6.07) is 13.3. The van der Waals surface area contributed by atoms with E-state index >= 15 is 0 Å². The highest BCUT2D eigenvalue weighted by Crippen LogP contribution is 2.38. The number of rotatable bonds is 4. The van der Waals surface area contributed by atoms with E-state index in [9.17, 15) is 19.2 Å². The fraction of sp³-hybridized carbons (Fsp3) is 0.333. The minimum atomic E-state index is -0.880. The molecule has 0 bridgehead atoms. The first-order valence-electron chi connectivity index (χ1n) is 10.7. The lowest BCUT2D eigenvalue weighted by Gasteiger charge is -2.24. The number of carbonyl (C=O) groups excluding carboxylic acids is 4. The summed E-state index contributed by atoms with van der Waals surface area (Å²) in [5.41, 5.74) is 5.67. The highest BCUT2D eigenvalue weighted by molar-refractivity contribution is 6.01. The van der Waals surface area contributed by atoms with Gasteiger partial charge >= 0.3 is 12.1 Å². The van der Waals surface area contributed by atoms with Gasteiger partial charge in [-0.2, -0.15) is 0 Å². The second kappa shape index (κ2) is 8.11. The zero-order valence-corrected chi connectivity index (χ0v) is 17.4. The fourth-order valence-corrected chi connectivity index (χ4v) is 4.62. The maximum Gasteiger partial charge on any atom is 0.410 e. The zero-order valence-electron chi connectivity index (χ0n) is 17.4. The van der Waals surface area contributed by atoms with Crippen molar-refractivity contribution >= 4 is 23.9 Å². The highest BCUT2D eigenvalue weighted by atomic mass is 16.7. The number of fused-ring (bicyclic) bond motifs is 3. The Morgan fingerprint density at radius 2 is 1.72 bits per heavy atom. The number of amides is 3. The van der Waals surface area contributed by atoms with Gasteiger partial charge in [0.1, 0.15) is 12.6 Å². The zero-order chi connectivity index (χ0) is 22.2. The molecule has 8 heteroatoms. The van der Waals surface area contributed by atoms with Crippen LogP contribution in [0.2, 0.25) is 0 Å². The van der Waals surface area contributed by atoms with E-state index in [2.05, 4.69) is 18.2 Å². The molecule has 1 atom stereocenters. The number of likely N-dealkylation sites (tertiary alicyclic amines) is 1. The van der Waals surface area contributed by atoms with Crippen molar-refractivity contribution in [2.45, 2.75) is 44.8 Å². The van der Waals surface area contributed by atoms with Crippen LogP contribution in [-0.2, 0) is 37.0 Å². The van der Waals surface area contributed by atoms with E-state index in [0.717, 1.165) is 23.1 Å². The Labute approximate surface area is 184 Å². The molecule has 8 nitrogen and oxygen atoms in total. The van der Waals surface area contributed by atoms with Crippen molar-refractivity contribution in [3.8, 4) is 11.1 Å². The van der Waals surface area contributed by atoms with Crippen molar-refractivity contribution in [2.75, 3.05) is 6.54 Å². The number of hydroxylamine groups is 2. The maximum absolute atomic E-state index is 12.8. The summed E-state index contributed by atoms with van der Waals surface area (Å²) < 4.78 is 5.56. The number of ether oxygens (including phenoxy) is 1. The molecule has 0 radical (unpaired) electrons. The van der Waals surface area contributed by atoms with E-state index in [0.29, 0.717) is 24.4 Å². The molecule has 2 aromatic rings. The summed E-state index contributed by atoms with van der Waals surface area (Å²) in [5.74, 6) is -1.89. The topological polar surface area (TPSA) is 93.2 Å². The molecular formula is C24H22N2O6. The van der Waals surface area contributed by atoms with Crippen LogP contribution in [0.25, 0.3) is 11.1 Å². The second-order valence-corrected chi connectivity index (χ2v) is 8.18. The van der Waals surface area contributed by atoms with Gasteiger partial charge in [-0.1, -0.05) is 42.5 Å². The first-order valence-corrected chi connectivity index (χ1v) is 10.7. The summed E-state index contributed by atoms with van der Waals surface area (Å²) >= 11 is 0. The third-order valence-corrected chi connectivity index (χ3v) is 6.25. The molecular weight excluding hydrogens is 412 g/mol. The summed E-state index contributed by atoms with van der Waals surface area (Å²) in [4.78, 5) is 55.0. The molecule has 0 saturated carbocycles. The molecule has 32 heavy (non-hydrogen) atoms. The molecule has 5 rings (SSSR count). The summed E-state index contributed by atoms with van der Waals surface area (Å²) in [6.45, 7) is 0.441. The van der Waals surface area contributed by atoms with Crippen molar-refractivity contribution in [3.63, 3.8) is 0 Å². The van der Waals surface area contributed by atoms with Gasteiger partial charge in [0.05, 0.1) is 0 Å². The normalized spacial score (nSPS) is 19.2. The van der Waals surface area contributed by atoms with Gasteiger partial charge in [-0.3, -0.25) is 14.5 Å². The standard InChI is InChI=1S/C24H22N2O6/c27-21-10-11-22(28)26(21)32-23(29)20-9-4-12-25(20)24(30)31-14-16-6-3-8-18-17-7-2-1-5-15(17)13-19(16)18/h1-3,5-8,20H,4,9-14H2/t20-/m0/s1. The second-order valence-electron chi connectivity index (χ2n) is 8.18. The predicted molar refractivity (Wildman–Crippen MR) is 112 cm³/mol. The van der Waals surface area contributed by atoms with Gasteiger partial charge in [0.15, 0.2) is 0 Å². The number of nitrogens with zero attached hydrogens (tertiary/aromatic N) is 2. The Bertz CT molecular complexity index is 1110. The molecule has 2 aliphatic heterocycles. The smallest absolute Gasteiger partial charge is 0.410 e. The van der Waals surface area contributed by atoms with Crippen LogP contribution in [0.1, 0.15) is 42.4 Å². The van der Waals surface area contributed by atoms with Crippen molar-refractivity contribution in [1.29, 1.82) is 0 Å². The van der Waals surface area contributed by atoms with Gasteiger partial charge in [-0.25, -0.2) is 9.59 Å². The molecule has 0 spiro atoms. The summed E-state index contributed by atoms with van der Waals surface area (Å²) in [6.07, 6.45) is 1.21. The minimum absolute atomic E-state index is 0.0216. The van der Waals surface area contributed by atoms with E-state index in [1.165, 1.54) is 16.0 Å². The predicted octanol–water partition coefficient (Wildman–Crippen LogP) is 2.97. The average molecular weight is 434 g/mol. The fourth-order valence-electron chi connectivity index (χ4n) is 4.62. The van der Waals surface area contributed by atoms with Gasteiger partial charge in [-0.15, -0.1) is 5.06 Å². The van der Waals surface area contributed by atoms with Crippen LogP contribution in [0.15, 0.2) is 42.5 Å². The Kier molecular flexibility index (Phi) is 5.13. The largest absolute Gasteiger partial charge is 0.445 e. The first kappa shape index (κ1) is 20.2. The quantitative estimate of drug-likeness (QED) is 0.586. The van der Waals surface area contributed by atoms with Crippen LogP contribution in [-0.4, -0.2) is 46.4 Å². The van der Waals surface area contributed by atoms with Gasteiger partial charge < -0.3 is 9.57 Å². The Balaban J connectivity index is 1.24. The molecule has 0 unspecified atom stereocenters. The van der Waals surface area contributed by atoms with Gasteiger partial charge in [-0.05, 0) is 47.1 Å². The lowest BCUT2D eigenvalue weighted by Crippen LogP contribution is -2.44. The monoisotopic (exact) mass is 434 g/mol. The molecule has 2 heterocycles. The molecule has 3 aliphatic rings. The molecule has 164 valence electrons. The summed E-state index contributed by atoms with van der Waals surface area (Å²) in [7, 11) is 0. The van der Waals surface area contributed by atoms with E-state index < -0.39 is 29.9 Å². The van der Waals surface area contributed by atoms with Crippen LogP contribution in [0.3, 0.4) is 0 Å². The van der Waals surface area contributed by atoms with Crippen molar-refractivity contribution in [3.05, 3.63) is 59.2 Å². The van der Waals surface area contributed by atoms with E-state index in [4.69, 9.17) is 9.57 Å². The van der Waals surface area contributed by atoms with Crippen LogP contribution in [0.4, 0.5) is 4.79 Å². The SMILES string of the molecule is O=C(ON1C(=O)CCC1=O)[C@@H]1CCCN1C(=O)OCc1cccc2c1Cc1ccccc1-2. The van der Waals surface area contributed by atoms with E-state index in [-0.39, 0.29) is 19.4 Å². The molecule has 0 N–H and O–H groups in total. The number of hydrogen-bond donors (Lipinski definition) is 0. The molecule has 2 saturated heterocycles. The molecule has 2 aromatic carbocycles. The first-order chi connectivity index (χ1) is 15.5. The Hall–Kier alpha value is -3.68.